The first kappa shape index (κ1) is 29.9. The second kappa shape index (κ2) is 13.5. The van der Waals surface area contributed by atoms with Crippen LogP contribution in [0.5, 0.6) is 0 Å². The van der Waals surface area contributed by atoms with E-state index in [1.807, 2.05) is 42.6 Å². The van der Waals surface area contributed by atoms with Crippen LogP contribution in [0.3, 0.4) is 0 Å². The number of thiazole rings is 1. The fourth-order valence-corrected chi connectivity index (χ4v) is 5.60. The van der Waals surface area contributed by atoms with Crippen molar-refractivity contribution in [2.45, 2.75) is 64.8 Å². The number of nitrogens with one attached hydrogen (secondary N) is 1. The monoisotopic (exact) mass is 581 g/mol. The van der Waals surface area contributed by atoms with Gasteiger partial charge in [-0.25, -0.2) is 9.37 Å². The Kier molecular flexibility index (Phi) is 9.82. The number of carbonyl (C=O) groups excluding carboxylic acids is 4. The van der Waals surface area contributed by atoms with E-state index < -0.39 is 36.0 Å². The number of likely N-dealkylation sites (tertiary alicyclic amines) is 1. The van der Waals surface area contributed by atoms with Gasteiger partial charge in [0.05, 0.1) is 18.3 Å². The Balaban J connectivity index is 1.49. The zero-order chi connectivity index (χ0) is 29.5. The highest BCUT2D eigenvalue weighted by Gasteiger charge is 2.44. The number of amides is 2. The highest BCUT2D eigenvalue weighted by atomic mass is 32.1. The van der Waals surface area contributed by atoms with Gasteiger partial charge >= 0.3 is 11.9 Å². The Morgan fingerprint density at radius 3 is 2.49 bits per heavy atom. The summed E-state index contributed by atoms with van der Waals surface area (Å²) in [5.41, 5.74) is 3.37. The fourth-order valence-electron chi connectivity index (χ4n) is 4.87. The first-order valence-corrected chi connectivity index (χ1v) is 14.2. The van der Waals surface area contributed by atoms with Gasteiger partial charge in [-0.15, -0.1) is 11.3 Å². The Morgan fingerprint density at radius 1 is 1.07 bits per heavy atom. The van der Waals surface area contributed by atoms with E-state index >= 15 is 0 Å². The molecule has 1 saturated heterocycles. The van der Waals surface area contributed by atoms with Gasteiger partial charge in [0.1, 0.15) is 10.8 Å². The molecule has 1 aromatic heterocycles. The predicted octanol–water partition coefficient (Wildman–Crippen LogP) is 4.02. The van der Waals surface area contributed by atoms with Crippen LogP contribution in [0.1, 0.15) is 60.1 Å². The van der Waals surface area contributed by atoms with Gasteiger partial charge < -0.3 is 19.7 Å². The lowest BCUT2D eigenvalue weighted by molar-refractivity contribution is -0.178. The van der Waals surface area contributed by atoms with Gasteiger partial charge in [0, 0.05) is 32.2 Å². The molecule has 0 spiro atoms. The minimum Gasteiger partial charge on any atom is -0.448 e. The quantitative estimate of drug-likeness (QED) is 0.360. The van der Waals surface area contributed by atoms with Crippen LogP contribution < -0.4 is 5.32 Å². The molecule has 1 fully saturated rings. The van der Waals surface area contributed by atoms with E-state index in [0.717, 1.165) is 37.0 Å². The SMILES string of the molecule is CC(=O)O[C@@H](C(=O)NCc1nc(Cc2cc(F)ccc2C)cs1)[C@@H](OC(C)=O)C(=O)N1CCCC1c1ccccc1. The van der Waals surface area contributed by atoms with Crippen LogP contribution in [0, 0.1) is 12.7 Å². The molecule has 11 heteroatoms. The second-order valence-corrected chi connectivity index (χ2v) is 10.8. The van der Waals surface area contributed by atoms with Gasteiger partial charge in [0.15, 0.2) is 0 Å². The zero-order valence-electron chi connectivity index (χ0n) is 23.1. The van der Waals surface area contributed by atoms with Gasteiger partial charge in [-0.1, -0.05) is 36.4 Å². The molecule has 3 atom stereocenters. The van der Waals surface area contributed by atoms with E-state index in [2.05, 4.69) is 10.3 Å². The maximum atomic E-state index is 13.7. The van der Waals surface area contributed by atoms with Crippen molar-refractivity contribution in [3.63, 3.8) is 0 Å². The van der Waals surface area contributed by atoms with Crippen molar-refractivity contribution in [3.8, 4) is 0 Å². The molecule has 2 amide bonds. The van der Waals surface area contributed by atoms with Crippen LogP contribution >= 0.6 is 11.3 Å². The van der Waals surface area contributed by atoms with Crippen molar-refractivity contribution in [2.24, 2.45) is 0 Å². The van der Waals surface area contributed by atoms with Gasteiger partial charge in [0.2, 0.25) is 12.2 Å². The third-order valence-corrected chi connectivity index (χ3v) is 7.68. The molecule has 0 aliphatic carbocycles. The smallest absolute Gasteiger partial charge is 0.303 e. The zero-order valence-corrected chi connectivity index (χ0v) is 23.9. The third kappa shape index (κ3) is 7.75. The number of ether oxygens (including phenoxy) is 2. The maximum Gasteiger partial charge on any atom is 0.303 e. The molecule has 216 valence electrons. The molecule has 2 heterocycles. The van der Waals surface area contributed by atoms with E-state index in [4.69, 9.17) is 9.47 Å². The van der Waals surface area contributed by atoms with Gasteiger partial charge in [-0.05, 0) is 48.6 Å². The topological polar surface area (TPSA) is 115 Å². The highest BCUT2D eigenvalue weighted by Crippen LogP contribution is 2.33. The van der Waals surface area contributed by atoms with Crippen molar-refractivity contribution < 1.29 is 33.0 Å². The molecular formula is C30H32FN3O6S. The second-order valence-electron chi connectivity index (χ2n) is 9.86. The van der Waals surface area contributed by atoms with Crippen LogP contribution in [0.15, 0.2) is 53.9 Å². The molecule has 0 saturated carbocycles. The summed E-state index contributed by atoms with van der Waals surface area (Å²) in [6.45, 7) is 4.51. The van der Waals surface area contributed by atoms with Crippen molar-refractivity contribution in [3.05, 3.63) is 87.1 Å². The molecule has 1 aliphatic rings. The van der Waals surface area contributed by atoms with Gasteiger partial charge in [0.25, 0.3) is 11.8 Å². The van der Waals surface area contributed by atoms with Crippen LogP contribution in [-0.4, -0.2) is 52.4 Å². The molecule has 4 rings (SSSR count). The number of hydrogen-bond acceptors (Lipinski definition) is 8. The number of halogens is 1. The fraction of sp³-hybridized carbons (Fsp3) is 0.367. The van der Waals surface area contributed by atoms with Gasteiger partial charge in [-0.2, -0.15) is 0 Å². The lowest BCUT2D eigenvalue weighted by Crippen LogP contribution is -2.53. The standard InChI is InChI=1S/C30H32FN3O6S/c1-18-11-12-23(31)14-22(18)15-24-17-41-26(33-24)16-32-29(37)27(39-19(2)35)28(40-20(3)36)30(38)34-13-7-10-25(34)21-8-5-4-6-9-21/h4-6,8-9,11-12,14,17,25,27-28H,7,10,13,15-16H2,1-3H3,(H,32,37)/t25?,27-,28-/m1/s1. The molecule has 9 nitrogen and oxygen atoms in total. The van der Waals surface area contributed by atoms with Crippen molar-refractivity contribution in [1.29, 1.82) is 0 Å². The average molecular weight is 582 g/mol. The number of benzene rings is 2. The Bertz CT molecular complexity index is 1410. The largest absolute Gasteiger partial charge is 0.448 e. The number of carbonyl (C=O) groups is 4. The minimum absolute atomic E-state index is 0.0132. The van der Waals surface area contributed by atoms with Crippen LogP contribution in [-0.2, 0) is 41.6 Å². The summed E-state index contributed by atoms with van der Waals surface area (Å²) < 4.78 is 24.3. The van der Waals surface area contributed by atoms with E-state index in [-0.39, 0.29) is 18.4 Å². The molecule has 3 aromatic rings. The Hall–Kier alpha value is -4.12. The van der Waals surface area contributed by atoms with E-state index in [1.54, 1.807) is 11.0 Å². The number of esters is 2. The number of aryl methyl sites for hydroxylation is 1. The first-order chi connectivity index (χ1) is 19.6. The summed E-state index contributed by atoms with van der Waals surface area (Å²) in [6, 6.07) is 13.7. The average Bonchev–Trinajstić information content (AvgIpc) is 3.61. The number of rotatable bonds is 10. The van der Waals surface area contributed by atoms with Gasteiger partial charge in [-0.3, -0.25) is 19.2 Å². The predicted molar refractivity (Wildman–Crippen MR) is 149 cm³/mol. The maximum absolute atomic E-state index is 13.7. The Morgan fingerprint density at radius 2 is 1.78 bits per heavy atom. The molecule has 1 unspecified atom stereocenters. The first-order valence-electron chi connectivity index (χ1n) is 13.3. The summed E-state index contributed by atoms with van der Waals surface area (Å²) in [6.07, 6.45) is -1.51. The summed E-state index contributed by atoms with van der Waals surface area (Å²) in [5, 5.41) is 5.03. The third-order valence-electron chi connectivity index (χ3n) is 6.78. The van der Waals surface area contributed by atoms with Crippen molar-refractivity contribution in [2.75, 3.05) is 6.54 Å². The molecular weight excluding hydrogens is 549 g/mol. The summed E-state index contributed by atoms with van der Waals surface area (Å²) >= 11 is 1.30. The Labute approximate surface area is 241 Å². The van der Waals surface area contributed by atoms with Crippen LogP contribution in [0.25, 0.3) is 0 Å². The van der Waals surface area contributed by atoms with Crippen molar-refractivity contribution in [1.82, 2.24) is 15.2 Å². The normalized spacial score (nSPS) is 16.1. The molecule has 1 aliphatic heterocycles. The lowest BCUT2D eigenvalue weighted by Gasteiger charge is -2.31. The summed E-state index contributed by atoms with van der Waals surface area (Å²) in [4.78, 5) is 57.1. The molecule has 0 radical (unpaired) electrons. The highest BCUT2D eigenvalue weighted by molar-refractivity contribution is 7.09. The molecule has 41 heavy (non-hydrogen) atoms. The number of hydrogen-bond donors (Lipinski definition) is 1. The molecule has 2 aromatic carbocycles. The molecule has 0 bridgehead atoms. The summed E-state index contributed by atoms with van der Waals surface area (Å²) in [7, 11) is 0. The lowest BCUT2D eigenvalue weighted by atomic mass is 10.0. The minimum atomic E-state index is -1.70. The van der Waals surface area contributed by atoms with Crippen molar-refractivity contribution >= 4 is 35.1 Å². The number of nitrogens with zero attached hydrogens (tertiary/aromatic N) is 2. The van der Waals surface area contributed by atoms with Crippen LogP contribution in [0.4, 0.5) is 4.39 Å². The van der Waals surface area contributed by atoms with Crippen LogP contribution in [0.2, 0.25) is 0 Å². The van der Waals surface area contributed by atoms with E-state index in [0.29, 0.717) is 30.1 Å². The summed E-state index contributed by atoms with van der Waals surface area (Å²) in [5.74, 6) is -3.34. The number of aromatic nitrogens is 1. The van der Waals surface area contributed by atoms with E-state index in [9.17, 15) is 23.6 Å². The molecule has 1 N–H and O–H groups in total. The van der Waals surface area contributed by atoms with E-state index in [1.165, 1.54) is 23.5 Å².